The Kier molecular flexibility index (Phi) is 7.57. The van der Waals surface area contributed by atoms with E-state index in [0.717, 1.165) is 94.3 Å². The highest BCUT2D eigenvalue weighted by molar-refractivity contribution is 6.19. The van der Waals surface area contributed by atoms with E-state index in [9.17, 15) is 0 Å². The normalized spacial score (nSPS) is 11.9. The van der Waals surface area contributed by atoms with Crippen molar-refractivity contribution in [2.24, 2.45) is 0 Å². The minimum atomic E-state index is 0.869. The van der Waals surface area contributed by atoms with Crippen LogP contribution >= 0.6 is 0 Å². The summed E-state index contributed by atoms with van der Waals surface area (Å²) in [5.41, 5.74) is 14.8. The van der Waals surface area contributed by atoms with Crippen molar-refractivity contribution in [1.82, 2.24) is 4.57 Å². The highest BCUT2D eigenvalue weighted by atomic mass is 16.3. The second-order valence-electron chi connectivity index (χ2n) is 16.1. The number of nitrogens with zero attached hydrogens (tertiary/aromatic N) is 2. The van der Waals surface area contributed by atoms with Crippen molar-refractivity contribution in [3.05, 3.63) is 218 Å². The molecule has 0 saturated carbocycles. The number of furan rings is 2. The van der Waals surface area contributed by atoms with Crippen LogP contribution < -0.4 is 4.90 Å². The number of anilines is 3. The molecule has 4 heteroatoms. The molecule has 0 aliphatic heterocycles. The highest BCUT2D eigenvalue weighted by Gasteiger charge is 2.19. The van der Waals surface area contributed by atoms with Crippen LogP contribution in [0.25, 0.3) is 104 Å². The lowest BCUT2D eigenvalue weighted by Crippen LogP contribution is -2.10. The van der Waals surface area contributed by atoms with Crippen molar-refractivity contribution in [3.63, 3.8) is 0 Å². The lowest BCUT2D eigenvalue weighted by atomic mass is 9.97. The van der Waals surface area contributed by atoms with Crippen LogP contribution in [-0.2, 0) is 0 Å². The molecule has 0 spiro atoms. The van der Waals surface area contributed by atoms with Crippen molar-refractivity contribution in [3.8, 4) is 27.9 Å². The number of hydrogen-bond donors (Lipinski definition) is 0. The molecule has 0 bridgehead atoms. The summed E-state index contributed by atoms with van der Waals surface area (Å²) in [5, 5.41) is 9.22. The van der Waals surface area contributed by atoms with Gasteiger partial charge in [0.25, 0.3) is 0 Å². The molecule has 0 aliphatic carbocycles. The van der Waals surface area contributed by atoms with E-state index in [1.807, 2.05) is 12.1 Å². The van der Waals surface area contributed by atoms with Crippen LogP contribution in [0, 0.1) is 0 Å². The largest absolute Gasteiger partial charge is 0.456 e. The van der Waals surface area contributed by atoms with Crippen molar-refractivity contribution in [2.45, 2.75) is 0 Å². The zero-order chi connectivity index (χ0) is 40.7. The first-order valence-electron chi connectivity index (χ1n) is 21.1. The molecule has 10 aromatic carbocycles. The Morgan fingerprint density at radius 3 is 1.82 bits per heavy atom. The Bertz CT molecular complexity index is 3830. The van der Waals surface area contributed by atoms with Crippen LogP contribution in [-0.4, -0.2) is 4.57 Å². The average molecular weight is 793 g/mol. The fourth-order valence-corrected chi connectivity index (χ4v) is 9.74. The molecule has 0 radical (unpaired) electrons. The first kappa shape index (κ1) is 34.5. The van der Waals surface area contributed by atoms with E-state index in [2.05, 4.69) is 216 Å². The second kappa shape index (κ2) is 13.6. The van der Waals surface area contributed by atoms with Crippen molar-refractivity contribution >= 4 is 93.5 Å². The van der Waals surface area contributed by atoms with Gasteiger partial charge in [0.05, 0.1) is 11.0 Å². The van der Waals surface area contributed by atoms with Crippen LogP contribution in [0.3, 0.4) is 0 Å². The van der Waals surface area contributed by atoms with Crippen LogP contribution in [0.1, 0.15) is 0 Å². The van der Waals surface area contributed by atoms with E-state index in [4.69, 9.17) is 8.83 Å². The van der Waals surface area contributed by atoms with Gasteiger partial charge in [0.1, 0.15) is 22.3 Å². The quantitative estimate of drug-likeness (QED) is 0.168. The first-order valence-corrected chi connectivity index (χ1v) is 21.1. The molecule has 0 aliphatic rings. The van der Waals surface area contributed by atoms with Gasteiger partial charge >= 0.3 is 0 Å². The molecular formula is C58H36N2O2. The fourth-order valence-electron chi connectivity index (χ4n) is 9.74. The Morgan fingerprint density at radius 1 is 0.339 bits per heavy atom. The molecule has 0 N–H and O–H groups in total. The molecule has 3 aromatic heterocycles. The number of benzene rings is 10. The molecule has 13 aromatic rings. The standard InChI is InChI=1S/C58H36N2O2/c1-2-17-46-38(12-1)28-32-50-57-45(21-11-25-56(57)62-58(46)50)40-14-10-15-42(35-40)59(44-31-33-55-51(36-44)49-20-5-8-24-54(49)61-55)41-29-26-37(27-30-41)39-13-9-16-43(34-39)60-52-22-6-3-18-47(52)48-19-4-7-23-53(48)60/h1-36H. The highest BCUT2D eigenvalue weighted by Crippen LogP contribution is 2.44. The molecule has 0 amide bonds. The molecule has 3 heterocycles. The Morgan fingerprint density at radius 2 is 0.984 bits per heavy atom. The SMILES string of the molecule is c1cc(-c2cccc3oc4c5ccccc5ccc4c23)cc(N(c2ccc(-c3cccc(-n4c5ccccc5c5ccccc54)c3)cc2)c2ccc3oc4ccccc4c3c2)c1. The lowest BCUT2D eigenvalue weighted by Gasteiger charge is -2.26. The van der Waals surface area contributed by atoms with E-state index in [-0.39, 0.29) is 0 Å². The number of fused-ring (bicyclic) bond motifs is 11. The summed E-state index contributed by atoms with van der Waals surface area (Å²) < 4.78 is 15.3. The first-order chi connectivity index (χ1) is 30.7. The molecular weight excluding hydrogens is 757 g/mol. The van der Waals surface area contributed by atoms with Gasteiger partial charge in [0.15, 0.2) is 0 Å². The van der Waals surface area contributed by atoms with Gasteiger partial charge in [-0.3, -0.25) is 0 Å². The van der Waals surface area contributed by atoms with Gasteiger partial charge in [-0.25, -0.2) is 0 Å². The minimum Gasteiger partial charge on any atom is -0.456 e. The van der Waals surface area contributed by atoms with Gasteiger partial charge < -0.3 is 18.3 Å². The topological polar surface area (TPSA) is 34.5 Å². The molecule has 0 unspecified atom stereocenters. The van der Waals surface area contributed by atoms with Crippen LogP contribution in [0.15, 0.2) is 227 Å². The van der Waals surface area contributed by atoms with Gasteiger partial charge in [-0.1, -0.05) is 133 Å². The van der Waals surface area contributed by atoms with E-state index >= 15 is 0 Å². The predicted molar refractivity (Wildman–Crippen MR) is 258 cm³/mol. The number of rotatable bonds is 6. The summed E-state index contributed by atoms with van der Waals surface area (Å²) in [6.07, 6.45) is 0. The van der Waals surface area contributed by atoms with Gasteiger partial charge in [-0.15, -0.1) is 0 Å². The van der Waals surface area contributed by atoms with Gasteiger partial charge in [0, 0.05) is 60.5 Å². The number of para-hydroxylation sites is 3. The maximum atomic E-state index is 6.61. The summed E-state index contributed by atoms with van der Waals surface area (Å²) in [7, 11) is 0. The lowest BCUT2D eigenvalue weighted by molar-refractivity contribution is 0.669. The average Bonchev–Trinajstić information content (AvgIpc) is 4.02. The number of hydrogen-bond acceptors (Lipinski definition) is 3. The maximum Gasteiger partial charge on any atom is 0.143 e. The molecule has 290 valence electrons. The van der Waals surface area contributed by atoms with Crippen LogP contribution in [0.2, 0.25) is 0 Å². The molecule has 0 saturated heterocycles. The van der Waals surface area contributed by atoms with Crippen LogP contribution in [0.4, 0.5) is 17.1 Å². The Balaban J connectivity index is 0.947. The molecule has 0 fully saturated rings. The number of aromatic nitrogens is 1. The van der Waals surface area contributed by atoms with Crippen LogP contribution in [0.5, 0.6) is 0 Å². The fraction of sp³-hybridized carbons (Fsp3) is 0. The van der Waals surface area contributed by atoms with E-state index in [1.54, 1.807) is 0 Å². The Labute approximate surface area is 356 Å². The minimum absolute atomic E-state index is 0.869. The summed E-state index contributed by atoms with van der Waals surface area (Å²) in [6.45, 7) is 0. The summed E-state index contributed by atoms with van der Waals surface area (Å²) in [4.78, 5) is 2.35. The maximum absolute atomic E-state index is 6.61. The summed E-state index contributed by atoms with van der Waals surface area (Å²) >= 11 is 0. The molecule has 0 atom stereocenters. The van der Waals surface area contributed by atoms with E-state index in [1.165, 1.54) is 27.2 Å². The van der Waals surface area contributed by atoms with Crippen molar-refractivity contribution in [1.29, 1.82) is 0 Å². The summed E-state index contributed by atoms with van der Waals surface area (Å²) in [6, 6.07) is 78.0. The second-order valence-corrected chi connectivity index (χ2v) is 16.1. The monoisotopic (exact) mass is 792 g/mol. The van der Waals surface area contributed by atoms with Gasteiger partial charge in [0.2, 0.25) is 0 Å². The van der Waals surface area contributed by atoms with Gasteiger partial charge in [-0.2, -0.15) is 0 Å². The smallest absolute Gasteiger partial charge is 0.143 e. The third kappa shape index (κ3) is 5.33. The van der Waals surface area contributed by atoms with E-state index in [0.29, 0.717) is 0 Å². The van der Waals surface area contributed by atoms with Crippen molar-refractivity contribution in [2.75, 3.05) is 4.90 Å². The van der Waals surface area contributed by atoms with Gasteiger partial charge in [-0.05, 0) is 113 Å². The van der Waals surface area contributed by atoms with E-state index < -0.39 is 0 Å². The third-order valence-corrected chi connectivity index (χ3v) is 12.6. The molecule has 62 heavy (non-hydrogen) atoms. The predicted octanol–water partition coefficient (Wildman–Crippen LogP) is 16.5. The zero-order valence-corrected chi connectivity index (χ0v) is 33.5. The molecule has 13 rings (SSSR count). The summed E-state index contributed by atoms with van der Waals surface area (Å²) in [5.74, 6) is 0. The third-order valence-electron chi connectivity index (χ3n) is 12.6. The zero-order valence-electron chi connectivity index (χ0n) is 33.5. The van der Waals surface area contributed by atoms with Crippen molar-refractivity contribution < 1.29 is 8.83 Å². The Hall–Kier alpha value is -8.34. The molecule has 4 nitrogen and oxygen atoms in total.